The average Bonchev–Trinajstić information content (AvgIpc) is 1.82. The minimum Gasteiger partial charge on any atom is -0.502 e. The molecule has 0 bridgehead atoms. The molecule has 0 saturated heterocycles. The Hall–Kier alpha value is -1.10. The highest BCUT2D eigenvalue weighted by Gasteiger charge is 2.16. The van der Waals surface area contributed by atoms with Gasteiger partial charge in [-0.15, -0.1) is 0 Å². The molecule has 0 saturated carbocycles. The van der Waals surface area contributed by atoms with Crippen LogP contribution in [0.2, 0.25) is 0 Å². The predicted octanol–water partition coefficient (Wildman–Crippen LogP) is 2.37. The summed E-state index contributed by atoms with van der Waals surface area (Å²) < 4.78 is 0.628. The third kappa shape index (κ3) is 1.55. The number of phenols is 1. The Morgan fingerprint density at radius 1 is 1.58 bits per heavy atom. The van der Waals surface area contributed by atoms with Crippen molar-refractivity contribution in [1.29, 1.82) is 0 Å². The lowest BCUT2D eigenvalue weighted by molar-refractivity contribution is -0.386. The fourth-order valence-electron chi connectivity index (χ4n) is 0.955. The molecular formula is C7H6BrNO3. The maximum atomic E-state index is 10.4. The molecule has 0 atom stereocenters. The molecule has 1 rings (SSSR count). The fourth-order valence-corrected chi connectivity index (χ4v) is 1.52. The van der Waals surface area contributed by atoms with Crippen LogP contribution in [0.5, 0.6) is 5.75 Å². The van der Waals surface area contributed by atoms with Crippen molar-refractivity contribution in [3.8, 4) is 5.75 Å². The molecule has 1 aromatic rings. The topological polar surface area (TPSA) is 63.4 Å². The van der Waals surface area contributed by atoms with Crippen LogP contribution in [-0.2, 0) is 0 Å². The van der Waals surface area contributed by atoms with Gasteiger partial charge in [-0.3, -0.25) is 10.1 Å². The van der Waals surface area contributed by atoms with Gasteiger partial charge in [0.1, 0.15) is 0 Å². The van der Waals surface area contributed by atoms with Crippen LogP contribution in [0.4, 0.5) is 5.69 Å². The van der Waals surface area contributed by atoms with Crippen LogP contribution in [0.3, 0.4) is 0 Å². The molecule has 5 heteroatoms. The van der Waals surface area contributed by atoms with Gasteiger partial charge < -0.3 is 5.11 Å². The molecule has 0 fully saturated rings. The summed E-state index contributed by atoms with van der Waals surface area (Å²) in [5, 5.41) is 19.6. The molecule has 0 amide bonds. The van der Waals surface area contributed by atoms with Crippen molar-refractivity contribution in [2.45, 2.75) is 6.92 Å². The van der Waals surface area contributed by atoms with Crippen LogP contribution in [-0.4, -0.2) is 10.0 Å². The van der Waals surface area contributed by atoms with Gasteiger partial charge in [-0.2, -0.15) is 0 Å². The zero-order valence-electron chi connectivity index (χ0n) is 6.24. The summed E-state index contributed by atoms with van der Waals surface area (Å²) in [6, 6.07) is 2.88. The molecule has 0 unspecified atom stereocenters. The first kappa shape index (κ1) is 8.99. The van der Waals surface area contributed by atoms with Crippen molar-refractivity contribution in [1.82, 2.24) is 0 Å². The lowest BCUT2D eigenvalue weighted by atomic mass is 10.2. The van der Waals surface area contributed by atoms with Crippen molar-refractivity contribution >= 4 is 21.6 Å². The summed E-state index contributed by atoms with van der Waals surface area (Å²) in [4.78, 5) is 9.78. The van der Waals surface area contributed by atoms with E-state index in [1.54, 1.807) is 13.0 Å². The second kappa shape index (κ2) is 3.10. The van der Waals surface area contributed by atoms with Crippen LogP contribution < -0.4 is 0 Å². The first-order chi connectivity index (χ1) is 5.52. The zero-order chi connectivity index (χ0) is 9.30. The monoisotopic (exact) mass is 231 g/mol. The number of aryl methyl sites for hydroxylation is 1. The Morgan fingerprint density at radius 2 is 2.17 bits per heavy atom. The van der Waals surface area contributed by atoms with Gasteiger partial charge in [-0.25, -0.2) is 0 Å². The zero-order valence-corrected chi connectivity index (χ0v) is 7.83. The lowest BCUT2D eigenvalue weighted by Crippen LogP contribution is -1.91. The number of nitro benzene ring substituents is 1. The van der Waals surface area contributed by atoms with Crippen LogP contribution in [0.1, 0.15) is 5.56 Å². The first-order valence-electron chi connectivity index (χ1n) is 3.16. The second-order valence-corrected chi connectivity index (χ2v) is 3.26. The van der Waals surface area contributed by atoms with E-state index in [0.717, 1.165) is 0 Å². The van der Waals surface area contributed by atoms with E-state index in [9.17, 15) is 15.2 Å². The SMILES string of the molecule is Cc1cc(Br)cc(O)c1[N+](=O)[O-]. The van der Waals surface area contributed by atoms with E-state index in [-0.39, 0.29) is 11.4 Å². The molecule has 0 aromatic heterocycles. The summed E-state index contributed by atoms with van der Waals surface area (Å²) in [6.07, 6.45) is 0. The number of halogens is 1. The number of rotatable bonds is 1. The van der Waals surface area contributed by atoms with E-state index in [1.807, 2.05) is 0 Å². The maximum Gasteiger partial charge on any atom is 0.313 e. The molecule has 0 aliphatic rings. The number of benzene rings is 1. The molecule has 4 nitrogen and oxygen atoms in total. The van der Waals surface area contributed by atoms with Crippen molar-refractivity contribution in [2.24, 2.45) is 0 Å². The van der Waals surface area contributed by atoms with Crippen molar-refractivity contribution in [3.05, 3.63) is 32.3 Å². The molecule has 1 N–H and O–H groups in total. The van der Waals surface area contributed by atoms with E-state index in [2.05, 4.69) is 15.9 Å². The second-order valence-electron chi connectivity index (χ2n) is 2.35. The van der Waals surface area contributed by atoms with E-state index in [1.165, 1.54) is 6.07 Å². The number of aromatic hydroxyl groups is 1. The highest BCUT2D eigenvalue weighted by Crippen LogP contribution is 2.32. The maximum absolute atomic E-state index is 10.4. The molecule has 1 aromatic carbocycles. The largest absolute Gasteiger partial charge is 0.502 e. The number of nitrogens with zero attached hydrogens (tertiary/aromatic N) is 1. The highest BCUT2D eigenvalue weighted by atomic mass is 79.9. The number of hydrogen-bond acceptors (Lipinski definition) is 3. The molecule has 12 heavy (non-hydrogen) atoms. The van der Waals surface area contributed by atoms with Gasteiger partial charge in [0.05, 0.1) is 4.92 Å². The van der Waals surface area contributed by atoms with Crippen LogP contribution >= 0.6 is 15.9 Å². The van der Waals surface area contributed by atoms with E-state index < -0.39 is 4.92 Å². The number of nitro groups is 1. The average molecular weight is 232 g/mol. The smallest absolute Gasteiger partial charge is 0.313 e. The standard InChI is InChI=1S/C7H6BrNO3/c1-4-2-5(8)3-6(10)7(4)9(11)12/h2-3,10H,1H3. The van der Waals surface area contributed by atoms with Crippen molar-refractivity contribution in [3.63, 3.8) is 0 Å². The molecular weight excluding hydrogens is 226 g/mol. The Kier molecular flexibility index (Phi) is 2.32. The van der Waals surface area contributed by atoms with Gasteiger partial charge >= 0.3 is 5.69 Å². The van der Waals surface area contributed by atoms with E-state index in [0.29, 0.717) is 10.0 Å². The Labute approximate surface area is 77.1 Å². The van der Waals surface area contributed by atoms with Gasteiger partial charge in [0.2, 0.25) is 0 Å². The summed E-state index contributed by atoms with van der Waals surface area (Å²) in [7, 11) is 0. The molecule has 64 valence electrons. The summed E-state index contributed by atoms with van der Waals surface area (Å²) in [5.74, 6) is -0.313. The first-order valence-corrected chi connectivity index (χ1v) is 3.95. The van der Waals surface area contributed by atoms with Crippen molar-refractivity contribution < 1.29 is 10.0 Å². The van der Waals surface area contributed by atoms with Crippen LogP contribution in [0.25, 0.3) is 0 Å². The molecule has 0 aliphatic heterocycles. The number of phenolic OH excluding ortho intramolecular Hbond substituents is 1. The summed E-state index contributed by atoms with van der Waals surface area (Å²) >= 11 is 3.11. The number of hydrogen-bond donors (Lipinski definition) is 1. The third-order valence-electron chi connectivity index (χ3n) is 1.43. The van der Waals surface area contributed by atoms with Gasteiger partial charge in [-0.1, -0.05) is 15.9 Å². The Balaban J connectivity index is 3.38. The summed E-state index contributed by atoms with van der Waals surface area (Å²) in [5.41, 5.74) is 0.199. The van der Waals surface area contributed by atoms with Crippen LogP contribution in [0.15, 0.2) is 16.6 Å². The molecule has 0 spiro atoms. The lowest BCUT2D eigenvalue weighted by Gasteiger charge is -1.99. The molecule has 0 radical (unpaired) electrons. The van der Waals surface area contributed by atoms with Crippen LogP contribution in [0, 0.1) is 17.0 Å². The minimum atomic E-state index is -0.600. The fraction of sp³-hybridized carbons (Fsp3) is 0.143. The summed E-state index contributed by atoms with van der Waals surface area (Å²) in [6.45, 7) is 1.57. The Bertz CT molecular complexity index is 314. The van der Waals surface area contributed by atoms with Crippen molar-refractivity contribution in [2.75, 3.05) is 0 Å². The van der Waals surface area contributed by atoms with E-state index in [4.69, 9.17) is 0 Å². The molecule has 0 heterocycles. The molecule has 0 aliphatic carbocycles. The predicted molar refractivity (Wildman–Crippen MR) is 47.2 cm³/mol. The van der Waals surface area contributed by atoms with Gasteiger partial charge in [0, 0.05) is 16.1 Å². The highest BCUT2D eigenvalue weighted by molar-refractivity contribution is 9.10. The van der Waals surface area contributed by atoms with E-state index >= 15 is 0 Å². The van der Waals surface area contributed by atoms with Gasteiger partial charge in [0.25, 0.3) is 0 Å². The third-order valence-corrected chi connectivity index (χ3v) is 1.89. The minimum absolute atomic E-state index is 0.238. The Morgan fingerprint density at radius 3 is 2.58 bits per heavy atom. The normalized spacial score (nSPS) is 9.83. The quantitative estimate of drug-likeness (QED) is 0.597. The van der Waals surface area contributed by atoms with Gasteiger partial charge in [-0.05, 0) is 13.0 Å². The van der Waals surface area contributed by atoms with Gasteiger partial charge in [0.15, 0.2) is 5.75 Å².